The van der Waals surface area contributed by atoms with Crippen molar-refractivity contribution in [3.8, 4) is 0 Å². The van der Waals surface area contributed by atoms with Crippen LogP contribution in [0.3, 0.4) is 0 Å². The largest absolute Gasteiger partial charge is 0.347 e. The van der Waals surface area contributed by atoms with Crippen molar-refractivity contribution in [3.05, 3.63) is 24.3 Å². The highest BCUT2D eigenvalue weighted by atomic mass is 16.7. The molecule has 0 fully saturated rings. The smallest absolute Gasteiger partial charge is 0.184 e. The molecular formula is C14H24O2. The van der Waals surface area contributed by atoms with Crippen molar-refractivity contribution in [1.29, 1.82) is 0 Å². The van der Waals surface area contributed by atoms with Crippen LogP contribution in [0.4, 0.5) is 0 Å². The first-order valence-electron chi connectivity index (χ1n) is 6.34. The molecule has 2 heteroatoms. The summed E-state index contributed by atoms with van der Waals surface area (Å²) in [6, 6.07) is 0. The molecule has 0 aliphatic heterocycles. The zero-order chi connectivity index (χ0) is 11.9. The van der Waals surface area contributed by atoms with Crippen molar-refractivity contribution >= 4 is 0 Å². The van der Waals surface area contributed by atoms with E-state index in [0.29, 0.717) is 19.1 Å². The second-order valence-corrected chi connectivity index (χ2v) is 4.26. The number of hydrogen-bond donors (Lipinski definition) is 0. The van der Waals surface area contributed by atoms with Gasteiger partial charge >= 0.3 is 0 Å². The van der Waals surface area contributed by atoms with Gasteiger partial charge in [-0.25, -0.2) is 0 Å². The maximum absolute atomic E-state index is 5.63. The average Bonchev–Trinajstić information content (AvgIpc) is 2.29. The normalized spacial score (nSPS) is 21.8. The van der Waals surface area contributed by atoms with Gasteiger partial charge in [0.15, 0.2) is 5.79 Å². The Morgan fingerprint density at radius 3 is 2.50 bits per heavy atom. The molecule has 16 heavy (non-hydrogen) atoms. The minimum absolute atomic E-state index is 0.550. The van der Waals surface area contributed by atoms with E-state index >= 15 is 0 Å². The summed E-state index contributed by atoms with van der Waals surface area (Å²) < 4.78 is 11.3. The predicted molar refractivity (Wildman–Crippen MR) is 67.3 cm³/mol. The minimum atomic E-state index is -0.561. The third kappa shape index (κ3) is 4.50. The van der Waals surface area contributed by atoms with Gasteiger partial charge in [0.25, 0.3) is 0 Å². The number of hydrogen-bond acceptors (Lipinski definition) is 2. The van der Waals surface area contributed by atoms with E-state index in [2.05, 4.69) is 24.3 Å². The van der Waals surface area contributed by atoms with Crippen LogP contribution in [0.15, 0.2) is 24.3 Å². The van der Waals surface area contributed by atoms with Gasteiger partial charge in [0.2, 0.25) is 0 Å². The summed E-state index contributed by atoms with van der Waals surface area (Å²) in [5, 5.41) is 0. The van der Waals surface area contributed by atoms with Gasteiger partial charge in [-0.05, 0) is 52.0 Å². The second-order valence-electron chi connectivity index (χ2n) is 4.26. The van der Waals surface area contributed by atoms with Crippen molar-refractivity contribution in [1.82, 2.24) is 0 Å². The SMILES string of the molecule is CCOC(C)(C=CC1C=CCCC1)OCC. The Hall–Kier alpha value is -0.600. The summed E-state index contributed by atoms with van der Waals surface area (Å²) in [5.74, 6) is -0.0107. The molecule has 0 aromatic carbocycles. The third-order valence-electron chi connectivity index (χ3n) is 2.80. The molecule has 0 bridgehead atoms. The molecule has 1 aliphatic rings. The molecule has 0 heterocycles. The maximum Gasteiger partial charge on any atom is 0.184 e. The van der Waals surface area contributed by atoms with Crippen LogP contribution in [0.25, 0.3) is 0 Å². The lowest BCUT2D eigenvalue weighted by Crippen LogP contribution is -2.30. The van der Waals surface area contributed by atoms with Crippen LogP contribution >= 0.6 is 0 Å². The number of rotatable bonds is 6. The highest BCUT2D eigenvalue weighted by Gasteiger charge is 2.21. The van der Waals surface area contributed by atoms with Crippen LogP contribution in [0, 0.1) is 5.92 Å². The molecule has 92 valence electrons. The molecule has 0 amide bonds. The maximum atomic E-state index is 5.63. The van der Waals surface area contributed by atoms with Crippen molar-refractivity contribution < 1.29 is 9.47 Å². The fourth-order valence-electron chi connectivity index (χ4n) is 2.01. The molecule has 0 aromatic rings. The average molecular weight is 224 g/mol. The first-order chi connectivity index (χ1) is 7.70. The Morgan fingerprint density at radius 2 is 2.00 bits per heavy atom. The van der Waals surface area contributed by atoms with Gasteiger partial charge in [0.05, 0.1) is 0 Å². The molecule has 1 atom stereocenters. The molecule has 2 nitrogen and oxygen atoms in total. The predicted octanol–water partition coefficient (Wildman–Crippen LogP) is 3.69. The zero-order valence-corrected chi connectivity index (χ0v) is 10.7. The van der Waals surface area contributed by atoms with E-state index in [0.717, 1.165) is 0 Å². The Balaban J connectivity index is 2.55. The lowest BCUT2D eigenvalue weighted by molar-refractivity contribution is -0.186. The van der Waals surface area contributed by atoms with E-state index in [1.165, 1.54) is 19.3 Å². The fourth-order valence-corrected chi connectivity index (χ4v) is 2.01. The van der Waals surface area contributed by atoms with Crippen molar-refractivity contribution in [2.75, 3.05) is 13.2 Å². The van der Waals surface area contributed by atoms with E-state index in [1.807, 2.05) is 20.8 Å². The first kappa shape index (κ1) is 13.5. The monoisotopic (exact) mass is 224 g/mol. The fraction of sp³-hybridized carbons (Fsp3) is 0.714. The number of allylic oxidation sites excluding steroid dienone is 3. The van der Waals surface area contributed by atoms with Crippen LogP contribution < -0.4 is 0 Å². The Morgan fingerprint density at radius 1 is 1.31 bits per heavy atom. The summed E-state index contributed by atoms with van der Waals surface area (Å²) in [6.07, 6.45) is 12.5. The van der Waals surface area contributed by atoms with E-state index < -0.39 is 5.79 Å². The third-order valence-corrected chi connectivity index (χ3v) is 2.80. The van der Waals surface area contributed by atoms with Gasteiger partial charge in [-0.3, -0.25) is 0 Å². The van der Waals surface area contributed by atoms with Gasteiger partial charge < -0.3 is 9.47 Å². The van der Waals surface area contributed by atoms with Gasteiger partial charge in [-0.15, -0.1) is 0 Å². The van der Waals surface area contributed by atoms with Gasteiger partial charge in [0, 0.05) is 13.2 Å². The lowest BCUT2D eigenvalue weighted by Gasteiger charge is -2.26. The summed E-state index contributed by atoms with van der Waals surface area (Å²) in [7, 11) is 0. The molecule has 0 spiro atoms. The zero-order valence-electron chi connectivity index (χ0n) is 10.7. The molecule has 0 aromatic heterocycles. The van der Waals surface area contributed by atoms with E-state index in [-0.39, 0.29) is 0 Å². The quantitative estimate of drug-likeness (QED) is 0.506. The van der Waals surface area contributed by atoms with Crippen LogP contribution in [-0.4, -0.2) is 19.0 Å². The molecule has 1 unspecified atom stereocenters. The summed E-state index contributed by atoms with van der Waals surface area (Å²) in [6.45, 7) is 7.29. The minimum Gasteiger partial charge on any atom is -0.347 e. The highest BCUT2D eigenvalue weighted by molar-refractivity contribution is 5.06. The first-order valence-corrected chi connectivity index (χ1v) is 6.34. The second kappa shape index (κ2) is 6.87. The van der Waals surface area contributed by atoms with E-state index in [9.17, 15) is 0 Å². The molecule has 0 N–H and O–H groups in total. The topological polar surface area (TPSA) is 18.5 Å². The molecule has 1 aliphatic carbocycles. The van der Waals surface area contributed by atoms with E-state index in [4.69, 9.17) is 9.47 Å². The van der Waals surface area contributed by atoms with Gasteiger partial charge in [-0.1, -0.05) is 18.2 Å². The Labute approximate surface area is 99.3 Å². The summed E-state index contributed by atoms with van der Waals surface area (Å²) >= 11 is 0. The highest BCUT2D eigenvalue weighted by Crippen LogP contribution is 2.21. The summed E-state index contributed by atoms with van der Waals surface area (Å²) in [4.78, 5) is 0. The molecule has 1 rings (SSSR count). The number of ether oxygens (including phenoxy) is 2. The van der Waals surface area contributed by atoms with E-state index in [1.54, 1.807) is 0 Å². The standard InChI is InChI=1S/C14H24O2/c1-4-15-14(3,16-5-2)12-11-13-9-7-6-8-10-13/h7,9,11-13H,4-6,8,10H2,1-3H3. The van der Waals surface area contributed by atoms with Crippen LogP contribution in [0.2, 0.25) is 0 Å². The molecule has 0 saturated heterocycles. The Kier molecular flexibility index (Phi) is 5.78. The van der Waals surface area contributed by atoms with Crippen LogP contribution in [-0.2, 0) is 9.47 Å². The van der Waals surface area contributed by atoms with Crippen molar-refractivity contribution in [2.45, 2.75) is 45.8 Å². The Bertz CT molecular complexity index is 237. The molecule has 0 radical (unpaired) electrons. The molecule has 0 saturated carbocycles. The summed E-state index contributed by atoms with van der Waals surface area (Å²) in [5.41, 5.74) is 0. The van der Waals surface area contributed by atoms with Gasteiger partial charge in [0.1, 0.15) is 0 Å². The van der Waals surface area contributed by atoms with Crippen molar-refractivity contribution in [2.24, 2.45) is 5.92 Å². The van der Waals surface area contributed by atoms with Crippen molar-refractivity contribution in [3.63, 3.8) is 0 Å². The lowest BCUT2D eigenvalue weighted by atomic mass is 9.95. The van der Waals surface area contributed by atoms with Crippen LogP contribution in [0.5, 0.6) is 0 Å². The molecular weight excluding hydrogens is 200 g/mol. The van der Waals surface area contributed by atoms with Gasteiger partial charge in [-0.2, -0.15) is 0 Å². The van der Waals surface area contributed by atoms with Crippen LogP contribution in [0.1, 0.15) is 40.0 Å².